The van der Waals surface area contributed by atoms with Crippen molar-refractivity contribution in [2.75, 3.05) is 13.6 Å². The van der Waals surface area contributed by atoms with Crippen LogP contribution >= 0.6 is 11.3 Å². The molecule has 2 aromatic carbocycles. The first kappa shape index (κ1) is 31.8. The molecule has 5 rings (SSSR count). The number of ether oxygens (including phenoxy) is 1. The third-order valence-electron chi connectivity index (χ3n) is 8.85. The summed E-state index contributed by atoms with van der Waals surface area (Å²) < 4.78 is 5.46. The highest BCUT2D eigenvalue weighted by molar-refractivity contribution is 7.10. The Hall–Kier alpha value is -3.66. The summed E-state index contributed by atoms with van der Waals surface area (Å²) in [7, 11) is 1.55. The van der Waals surface area contributed by atoms with Crippen LogP contribution in [0.15, 0.2) is 41.8 Å². The van der Waals surface area contributed by atoms with Crippen LogP contribution in [0.2, 0.25) is 0 Å². The average Bonchev–Trinajstić information content (AvgIpc) is 3.69. The van der Waals surface area contributed by atoms with Crippen LogP contribution in [0.25, 0.3) is 22.0 Å². The van der Waals surface area contributed by atoms with Crippen LogP contribution in [0, 0.1) is 5.92 Å². The molecular weight excluding hydrogens is 576 g/mol. The molecule has 1 saturated heterocycles. The summed E-state index contributed by atoms with van der Waals surface area (Å²) in [6.07, 6.45) is 6.01. The molecule has 0 spiro atoms. The van der Waals surface area contributed by atoms with E-state index in [4.69, 9.17) is 9.72 Å². The van der Waals surface area contributed by atoms with Gasteiger partial charge in [-0.3, -0.25) is 14.5 Å². The smallest absolute Gasteiger partial charge is 0.410 e. The first-order valence-corrected chi connectivity index (χ1v) is 16.6. The molecule has 10 heteroatoms. The van der Waals surface area contributed by atoms with Crippen LogP contribution < -0.4 is 5.32 Å². The zero-order valence-corrected chi connectivity index (χ0v) is 27.2. The number of thiazole rings is 1. The van der Waals surface area contributed by atoms with E-state index in [9.17, 15) is 19.5 Å². The third-order valence-corrected chi connectivity index (χ3v) is 9.79. The maximum atomic E-state index is 14.3. The Balaban J connectivity index is 1.36. The molecule has 0 bridgehead atoms. The number of phenolic OH excluding ortho intramolecular Hbond substituents is 1. The Kier molecular flexibility index (Phi) is 9.48. The fourth-order valence-corrected chi connectivity index (χ4v) is 7.29. The van der Waals surface area contributed by atoms with E-state index < -0.39 is 23.8 Å². The monoisotopic (exact) mass is 620 g/mol. The van der Waals surface area contributed by atoms with Gasteiger partial charge < -0.3 is 20.1 Å². The standard InChI is InChI=1S/C34H44N4O5S/c1-21(37(5)33(42)43-34(2,3)4)30(40)36-29(22-12-7-6-8-13-22)32(41)38-19-11-16-27(38)31-35-26(20-44-31)24-17-18-28(39)25-15-10-9-14-23(24)25/h9-10,14-15,17-18,20-22,27,29,39H,6-8,11-13,16,19H2,1-5H3,(H,36,40)/t21?,27-,29?/m0/s1. The molecule has 2 heterocycles. The molecule has 44 heavy (non-hydrogen) atoms. The SMILES string of the molecule is CC(C(=O)NC(C(=O)N1CCC[C@H]1c1nc(-c2ccc(O)c3ccccc23)cs1)C1CCCCC1)N(C)C(=O)OC(C)(C)C. The molecule has 1 aliphatic carbocycles. The van der Waals surface area contributed by atoms with Gasteiger partial charge in [0, 0.05) is 29.9 Å². The average molecular weight is 621 g/mol. The van der Waals surface area contributed by atoms with E-state index in [1.807, 2.05) is 40.6 Å². The fraction of sp³-hybridized carbons (Fsp3) is 0.529. The lowest BCUT2D eigenvalue weighted by atomic mass is 9.83. The number of fused-ring (bicyclic) bond motifs is 1. The highest BCUT2D eigenvalue weighted by Gasteiger charge is 2.41. The number of aromatic hydroxyl groups is 1. The highest BCUT2D eigenvalue weighted by atomic mass is 32.1. The van der Waals surface area contributed by atoms with Gasteiger partial charge >= 0.3 is 6.09 Å². The number of phenols is 1. The van der Waals surface area contributed by atoms with Crippen LogP contribution in [-0.4, -0.2) is 69.1 Å². The summed E-state index contributed by atoms with van der Waals surface area (Å²) in [4.78, 5) is 48.7. The van der Waals surface area contributed by atoms with Crippen molar-refractivity contribution >= 4 is 40.0 Å². The molecule has 1 aromatic heterocycles. The van der Waals surface area contributed by atoms with Gasteiger partial charge in [0.15, 0.2) is 0 Å². The van der Waals surface area contributed by atoms with Gasteiger partial charge in [-0.2, -0.15) is 0 Å². The van der Waals surface area contributed by atoms with Crippen LogP contribution in [0.4, 0.5) is 4.79 Å². The number of amides is 3. The number of carbonyl (C=O) groups excluding carboxylic acids is 3. The van der Waals surface area contributed by atoms with E-state index in [1.165, 1.54) is 4.90 Å². The van der Waals surface area contributed by atoms with Crippen LogP contribution in [0.1, 0.15) is 83.7 Å². The van der Waals surface area contributed by atoms with Gasteiger partial charge in [0.1, 0.15) is 28.4 Å². The zero-order chi connectivity index (χ0) is 31.6. The molecule has 3 atom stereocenters. The molecule has 3 amide bonds. The molecule has 2 unspecified atom stereocenters. The number of nitrogens with zero attached hydrogens (tertiary/aromatic N) is 3. The lowest BCUT2D eigenvalue weighted by Crippen LogP contribution is -2.56. The fourth-order valence-electron chi connectivity index (χ4n) is 6.33. The summed E-state index contributed by atoms with van der Waals surface area (Å²) >= 11 is 1.54. The first-order valence-electron chi connectivity index (χ1n) is 15.7. The molecule has 2 fully saturated rings. The maximum Gasteiger partial charge on any atom is 0.410 e. The van der Waals surface area contributed by atoms with Gasteiger partial charge in [0.2, 0.25) is 11.8 Å². The Bertz CT molecular complexity index is 1510. The lowest BCUT2D eigenvalue weighted by molar-refractivity contribution is -0.140. The topological polar surface area (TPSA) is 112 Å². The van der Waals surface area contributed by atoms with Gasteiger partial charge in [0.05, 0.1) is 11.7 Å². The highest BCUT2D eigenvalue weighted by Crippen LogP contribution is 2.39. The number of likely N-dealkylation sites (tertiary alicyclic amines) is 1. The quantitative estimate of drug-likeness (QED) is 0.306. The summed E-state index contributed by atoms with van der Waals surface area (Å²) in [6.45, 7) is 7.61. The van der Waals surface area contributed by atoms with Crippen molar-refractivity contribution in [2.24, 2.45) is 5.92 Å². The van der Waals surface area contributed by atoms with Crippen LogP contribution in [0.3, 0.4) is 0 Å². The van der Waals surface area contributed by atoms with Crippen molar-refractivity contribution in [3.8, 4) is 17.0 Å². The van der Waals surface area contributed by atoms with E-state index in [0.717, 1.165) is 72.0 Å². The van der Waals surface area contributed by atoms with Gasteiger partial charge in [-0.1, -0.05) is 43.5 Å². The molecule has 2 N–H and O–H groups in total. The molecule has 0 radical (unpaired) electrons. The van der Waals surface area contributed by atoms with E-state index in [1.54, 1.807) is 52.1 Å². The predicted molar refractivity (Wildman–Crippen MR) is 172 cm³/mol. The van der Waals surface area contributed by atoms with Gasteiger partial charge in [0.25, 0.3) is 0 Å². The molecular formula is C34H44N4O5S. The van der Waals surface area contributed by atoms with Gasteiger partial charge in [-0.15, -0.1) is 11.3 Å². The Morgan fingerprint density at radius 3 is 2.45 bits per heavy atom. The van der Waals surface area contributed by atoms with Crippen molar-refractivity contribution in [2.45, 2.75) is 96.4 Å². The Labute approximate surface area is 263 Å². The molecule has 1 aliphatic heterocycles. The normalized spacial score (nSPS) is 19.0. The van der Waals surface area contributed by atoms with Crippen molar-refractivity contribution in [1.82, 2.24) is 20.1 Å². The first-order chi connectivity index (χ1) is 20.9. The third kappa shape index (κ3) is 6.85. The molecule has 9 nitrogen and oxygen atoms in total. The number of likely N-dealkylation sites (N-methyl/N-ethyl adjacent to an activating group) is 1. The minimum atomic E-state index is -0.806. The summed E-state index contributed by atoms with van der Waals surface area (Å²) in [5.74, 6) is -0.175. The number of nitrogens with one attached hydrogen (secondary N) is 1. The molecule has 3 aromatic rings. The van der Waals surface area contributed by atoms with E-state index in [0.29, 0.717) is 6.54 Å². The minimum absolute atomic E-state index is 0.0377. The second-order valence-corrected chi connectivity index (χ2v) is 14.0. The van der Waals surface area contributed by atoms with Gasteiger partial charge in [-0.25, -0.2) is 9.78 Å². The van der Waals surface area contributed by atoms with E-state index >= 15 is 0 Å². The summed E-state index contributed by atoms with van der Waals surface area (Å²) in [6, 6.07) is 9.66. The Morgan fingerprint density at radius 2 is 1.75 bits per heavy atom. The zero-order valence-electron chi connectivity index (χ0n) is 26.3. The van der Waals surface area contributed by atoms with Gasteiger partial charge in [-0.05, 0) is 76.8 Å². The number of benzene rings is 2. The molecule has 2 aliphatic rings. The van der Waals surface area contributed by atoms with Crippen LogP contribution in [0.5, 0.6) is 5.75 Å². The van der Waals surface area contributed by atoms with Crippen molar-refractivity contribution in [3.05, 3.63) is 46.8 Å². The largest absolute Gasteiger partial charge is 0.507 e. The van der Waals surface area contributed by atoms with Crippen molar-refractivity contribution in [1.29, 1.82) is 0 Å². The second-order valence-electron chi connectivity index (χ2n) is 13.1. The van der Waals surface area contributed by atoms with Crippen LogP contribution in [-0.2, 0) is 14.3 Å². The number of rotatable bonds is 7. The molecule has 1 saturated carbocycles. The maximum absolute atomic E-state index is 14.3. The predicted octanol–water partition coefficient (Wildman–Crippen LogP) is 6.65. The van der Waals surface area contributed by atoms with E-state index in [2.05, 4.69) is 5.32 Å². The minimum Gasteiger partial charge on any atom is -0.507 e. The number of aromatic nitrogens is 1. The van der Waals surface area contributed by atoms with Crippen molar-refractivity contribution < 1.29 is 24.2 Å². The number of hydrogen-bond acceptors (Lipinski definition) is 7. The number of hydrogen-bond donors (Lipinski definition) is 2. The second kappa shape index (κ2) is 13.1. The molecule has 236 valence electrons. The van der Waals surface area contributed by atoms with E-state index in [-0.39, 0.29) is 29.5 Å². The lowest BCUT2D eigenvalue weighted by Gasteiger charge is -2.36. The summed E-state index contributed by atoms with van der Waals surface area (Å²) in [5, 5.41) is 18.0. The summed E-state index contributed by atoms with van der Waals surface area (Å²) in [5.41, 5.74) is 1.07. The number of carbonyl (C=O) groups is 3. The van der Waals surface area contributed by atoms with Crippen molar-refractivity contribution in [3.63, 3.8) is 0 Å². The Morgan fingerprint density at radius 1 is 1.05 bits per heavy atom.